The standard InChI is InChI=1S/C18H26N4O3/c1-11-9-12(2)20-16(24)13(11)10-19-14(23)7-6-8-15-21-17(22-25-15)18(3,4)5/h9H,6-8,10H2,1-5H3,(H,19,23)(H,20,24). The molecule has 0 spiro atoms. The van der Waals surface area contributed by atoms with Crippen LogP contribution in [-0.2, 0) is 23.2 Å². The molecule has 2 aromatic rings. The first kappa shape index (κ1) is 18.9. The summed E-state index contributed by atoms with van der Waals surface area (Å²) in [6.45, 7) is 9.98. The third kappa shape index (κ3) is 5.27. The van der Waals surface area contributed by atoms with Gasteiger partial charge >= 0.3 is 0 Å². The maximum atomic E-state index is 12.0. The zero-order chi connectivity index (χ0) is 18.6. The molecule has 2 N–H and O–H groups in total. The van der Waals surface area contributed by atoms with Gasteiger partial charge < -0.3 is 14.8 Å². The number of amides is 1. The Balaban J connectivity index is 1.80. The van der Waals surface area contributed by atoms with E-state index in [1.54, 1.807) is 0 Å². The minimum atomic E-state index is -0.155. The summed E-state index contributed by atoms with van der Waals surface area (Å²) in [5.74, 6) is 1.11. The third-order valence-electron chi connectivity index (χ3n) is 3.89. The number of H-pyrrole nitrogens is 1. The molecule has 0 fully saturated rings. The van der Waals surface area contributed by atoms with Crippen LogP contribution in [0, 0.1) is 13.8 Å². The van der Waals surface area contributed by atoms with Gasteiger partial charge in [0.25, 0.3) is 5.56 Å². The molecule has 0 atom stereocenters. The molecule has 0 radical (unpaired) electrons. The third-order valence-corrected chi connectivity index (χ3v) is 3.89. The van der Waals surface area contributed by atoms with E-state index in [9.17, 15) is 9.59 Å². The number of carbonyl (C=O) groups excluding carboxylic acids is 1. The van der Waals surface area contributed by atoms with Gasteiger partial charge in [-0.25, -0.2) is 0 Å². The smallest absolute Gasteiger partial charge is 0.253 e. The lowest BCUT2D eigenvalue weighted by Gasteiger charge is -2.10. The van der Waals surface area contributed by atoms with Crippen LogP contribution < -0.4 is 10.9 Å². The topological polar surface area (TPSA) is 101 Å². The van der Waals surface area contributed by atoms with Gasteiger partial charge in [0.1, 0.15) is 0 Å². The summed E-state index contributed by atoms with van der Waals surface area (Å²) in [7, 11) is 0. The Hall–Kier alpha value is -2.44. The Morgan fingerprint density at radius 2 is 2.04 bits per heavy atom. The van der Waals surface area contributed by atoms with E-state index in [1.807, 2.05) is 40.7 Å². The quantitative estimate of drug-likeness (QED) is 0.836. The number of aryl methyl sites for hydroxylation is 3. The molecule has 2 rings (SSSR count). The largest absolute Gasteiger partial charge is 0.352 e. The number of nitrogens with zero attached hydrogens (tertiary/aromatic N) is 2. The van der Waals surface area contributed by atoms with E-state index >= 15 is 0 Å². The lowest BCUT2D eigenvalue weighted by Crippen LogP contribution is -2.27. The van der Waals surface area contributed by atoms with Crippen molar-refractivity contribution in [3.8, 4) is 0 Å². The first-order chi connectivity index (χ1) is 11.7. The number of nitrogens with one attached hydrogen (secondary N) is 2. The fourth-order valence-corrected chi connectivity index (χ4v) is 2.44. The fraction of sp³-hybridized carbons (Fsp3) is 0.556. The van der Waals surface area contributed by atoms with Gasteiger partial charge in [-0.3, -0.25) is 9.59 Å². The lowest BCUT2D eigenvalue weighted by molar-refractivity contribution is -0.121. The van der Waals surface area contributed by atoms with E-state index < -0.39 is 0 Å². The normalized spacial score (nSPS) is 11.6. The summed E-state index contributed by atoms with van der Waals surface area (Å²) in [6, 6.07) is 1.89. The molecule has 7 nitrogen and oxygen atoms in total. The number of rotatable bonds is 6. The maximum absolute atomic E-state index is 12.0. The monoisotopic (exact) mass is 346 g/mol. The molecule has 25 heavy (non-hydrogen) atoms. The summed E-state index contributed by atoms with van der Waals surface area (Å²) < 4.78 is 5.21. The van der Waals surface area contributed by atoms with Crippen LogP contribution in [0.2, 0.25) is 0 Å². The molecule has 0 aliphatic heterocycles. The van der Waals surface area contributed by atoms with Crippen molar-refractivity contribution in [1.82, 2.24) is 20.4 Å². The average molecular weight is 346 g/mol. The number of hydrogen-bond donors (Lipinski definition) is 2. The predicted octanol–water partition coefficient (Wildman–Crippen LogP) is 2.31. The second-order valence-electron chi connectivity index (χ2n) is 7.34. The van der Waals surface area contributed by atoms with Crippen LogP contribution >= 0.6 is 0 Å². The van der Waals surface area contributed by atoms with E-state index in [0.29, 0.717) is 36.5 Å². The average Bonchev–Trinajstić information content (AvgIpc) is 2.95. The number of carbonyl (C=O) groups is 1. The molecule has 136 valence electrons. The van der Waals surface area contributed by atoms with Gasteiger partial charge in [0, 0.05) is 36.1 Å². The Morgan fingerprint density at radius 3 is 2.64 bits per heavy atom. The van der Waals surface area contributed by atoms with Gasteiger partial charge in [0.05, 0.1) is 0 Å². The minimum absolute atomic E-state index is 0.102. The van der Waals surface area contributed by atoms with Crippen molar-refractivity contribution in [2.45, 2.75) is 65.8 Å². The van der Waals surface area contributed by atoms with Gasteiger partial charge in [-0.1, -0.05) is 25.9 Å². The first-order valence-electron chi connectivity index (χ1n) is 8.46. The van der Waals surface area contributed by atoms with Crippen molar-refractivity contribution >= 4 is 5.91 Å². The first-order valence-corrected chi connectivity index (χ1v) is 8.46. The Kier molecular flexibility index (Phi) is 5.77. The van der Waals surface area contributed by atoms with Crippen molar-refractivity contribution in [2.75, 3.05) is 0 Å². The van der Waals surface area contributed by atoms with E-state index in [0.717, 1.165) is 11.3 Å². The van der Waals surface area contributed by atoms with Crippen LogP contribution in [0.25, 0.3) is 0 Å². The zero-order valence-corrected chi connectivity index (χ0v) is 15.5. The summed E-state index contributed by atoms with van der Waals surface area (Å²) >= 11 is 0. The molecule has 0 saturated heterocycles. The van der Waals surface area contributed by atoms with Crippen LogP contribution in [0.4, 0.5) is 0 Å². The maximum Gasteiger partial charge on any atom is 0.253 e. The number of aromatic amines is 1. The van der Waals surface area contributed by atoms with Crippen LogP contribution in [0.15, 0.2) is 15.4 Å². The number of pyridine rings is 1. The van der Waals surface area contributed by atoms with Crippen molar-refractivity contribution in [2.24, 2.45) is 0 Å². The number of hydrogen-bond acceptors (Lipinski definition) is 5. The highest BCUT2D eigenvalue weighted by Gasteiger charge is 2.20. The van der Waals surface area contributed by atoms with E-state index in [2.05, 4.69) is 20.4 Å². The number of aromatic nitrogens is 3. The SMILES string of the molecule is Cc1cc(C)c(CNC(=O)CCCc2nc(C(C)(C)C)no2)c(=O)[nH]1. The highest BCUT2D eigenvalue weighted by atomic mass is 16.5. The molecular weight excluding hydrogens is 320 g/mol. The van der Waals surface area contributed by atoms with E-state index in [1.165, 1.54) is 0 Å². The minimum Gasteiger partial charge on any atom is -0.352 e. The van der Waals surface area contributed by atoms with Crippen molar-refractivity contribution in [1.29, 1.82) is 0 Å². The second kappa shape index (κ2) is 7.63. The molecule has 0 aromatic carbocycles. The predicted molar refractivity (Wildman–Crippen MR) is 94.3 cm³/mol. The lowest BCUT2D eigenvalue weighted by atomic mass is 9.96. The van der Waals surface area contributed by atoms with Crippen molar-refractivity contribution < 1.29 is 9.32 Å². The van der Waals surface area contributed by atoms with Gasteiger partial charge in [0.2, 0.25) is 11.8 Å². The molecule has 2 heterocycles. The molecule has 0 aliphatic rings. The summed E-state index contributed by atoms with van der Waals surface area (Å²) in [5.41, 5.74) is 1.97. The molecule has 0 unspecified atom stereocenters. The molecule has 1 amide bonds. The molecule has 0 bridgehead atoms. The summed E-state index contributed by atoms with van der Waals surface area (Å²) in [6.07, 6.45) is 1.51. The van der Waals surface area contributed by atoms with Crippen LogP contribution in [0.5, 0.6) is 0 Å². The zero-order valence-electron chi connectivity index (χ0n) is 15.5. The molecule has 0 saturated carbocycles. The van der Waals surface area contributed by atoms with Gasteiger partial charge in [-0.2, -0.15) is 4.98 Å². The molecular formula is C18H26N4O3. The van der Waals surface area contributed by atoms with Crippen LogP contribution in [-0.4, -0.2) is 21.0 Å². The Morgan fingerprint density at radius 1 is 1.32 bits per heavy atom. The van der Waals surface area contributed by atoms with E-state index in [4.69, 9.17) is 4.52 Å². The van der Waals surface area contributed by atoms with Crippen LogP contribution in [0.1, 0.15) is 62.1 Å². The highest BCUT2D eigenvalue weighted by Crippen LogP contribution is 2.18. The van der Waals surface area contributed by atoms with Gasteiger partial charge in [-0.15, -0.1) is 0 Å². The summed E-state index contributed by atoms with van der Waals surface area (Å²) in [4.78, 5) is 31.0. The molecule has 0 aliphatic carbocycles. The van der Waals surface area contributed by atoms with Crippen molar-refractivity contribution in [3.63, 3.8) is 0 Å². The van der Waals surface area contributed by atoms with Gasteiger partial charge in [0.15, 0.2) is 5.82 Å². The molecule has 7 heteroatoms. The van der Waals surface area contributed by atoms with Gasteiger partial charge in [-0.05, 0) is 31.9 Å². The summed E-state index contributed by atoms with van der Waals surface area (Å²) in [5, 5.41) is 6.75. The van der Waals surface area contributed by atoms with E-state index in [-0.39, 0.29) is 23.4 Å². The Labute approximate surface area is 147 Å². The van der Waals surface area contributed by atoms with Crippen LogP contribution in [0.3, 0.4) is 0 Å². The fourth-order valence-electron chi connectivity index (χ4n) is 2.44. The Bertz CT molecular complexity index is 799. The molecule has 2 aromatic heterocycles. The second-order valence-corrected chi connectivity index (χ2v) is 7.34. The van der Waals surface area contributed by atoms with Crippen molar-refractivity contribution in [3.05, 3.63) is 45.0 Å². The highest BCUT2D eigenvalue weighted by molar-refractivity contribution is 5.75.